The minimum Gasteiger partial charge on any atom is -0.306 e. The van der Waals surface area contributed by atoms with Crippen LogP contribution in [-0.2, 0) is 6.42 Å². The van der Waals surface area contributed by atoms with E-state index in [0.29, 0.717) is 6.04 Å². The molecule has 0 saturated carbocycles. The highest BCUT2D eigenvalue weighted by Gasteiger charge is 2.19. The van der Waals surface area contributed by atoms with Crippen molar-refractivity contribution in [2.45, 2.75) is 53.5 Å². The number of hydrogen-bond donors (Lipinski definition) is 1. The Morgan fingerprint density at radius 2 is 1.71 bits per heavy atom. The van der Waals surface area contributed by atoms with Crippen molar-refractivity contribution < 1.29 is 0 Å². The lowest BCUT2D eigenvalue weighted by atomic mass is 9.93. The standard InChI is InChI=1S/C19H27NS/c1-6-10-20-19(17-9-8-16(7-2)21-17)18-14(4)11-13(3)12-15(18)5/h8-9,11-12,19-20H,6-7,10H2,1-5H3. The van der Waals surface area contributed by atoms with Crippen LogP contribution in [0.1, 0.15) is 58.3 Å². The Bertz CT molecular complexity index is 574. The molecule has 114 valence electrons. The van der Waals surface area contributed by atoms with Gasteiger partial charge in [0.2, 0.25) is 0 Å². The van der Waals surface area contributed by atoms with Crippen molar-refractivity contribution in [1.29, 1.82) is 0 Å². The Labute approximate surface area is 133 Å². The van der Waals surface area contributed by atoms with Gasteiger partial charge in [-0.15, -0.1) is 11.3 Å². The molecule has 0 saturated heterocycles. The molecule has 0 amide bonds. The highest BCUT2D eigenvalue weighted by atomic mass is 32.1. The first-order valence-electron chi connectivity index (χ1n) is 7.96. The average Bonchev–Trinajstić information content (AvgIpc) is 2.90. The first kappa shape index (κ1) is 16.3. The van der Waals surface area contributed by atoms with E-state index in [1.807, 2.05) is 11.3 Å². The van der Waals surface area contributed by atoms with Crippen molar-refractivity contribution in [1.82, 2.24) is 5.32 Å². The van der Waals surface area contributed by atoms with E-state index in [2.05, 4.69) is 64.2 Å². The van der Waals surface area contributed by atoms with Crippen LogP contribution in [0.3, 0.4) is 0 Å². The molecule has 1 aromatic carbocycles. The smallest absolute Gasteiger partial charge is 0.0676 e. The lowest BCUT2D eigenvalue weighted by molar-refractivity contribution is 0.601. The maximum Gasteiger partial charge on any atom is 0.0676 e. The molecular formula is C19H27NS. The van der Waals surface area contributed by atoms with Crippen molar-refractivity contribution in [2.24, 2.45) is 0 Å². The highest BCUT2D eigenvalue weighted by Crippen LogP contribution is 2.33. The average molecular weight is 301 g/mol. The zero-order chi connectivity index (χ0) is 15.4. The third kappa shape index (κ3) is 3.75. The fourth-order valence-corrected chi connectivity index (χ4v) is 4.06. The zero-order valence-corrected chi connectivity index (χ0v) is 14.7. The maximum absolute atomic E-state index is 3.75. The summed E-state index contributed by atoms with van der Waals surface area (Å²) in [5, 5.41) is 3.75. The lowest BCUT2D eigenvalue weighted by Crippen LogP contribution is -2.24. The second kappa shape index (κ2) is 7.24. The van der Waals surface area contributed by atoms with Crippen LogP contribution < -0.4 is 5.32 Å². The fourth-order valence-electron chi connectivity index (χ4n) is 3.02. The molecule has 2 heteroatoms. The van der Waals surface area contributed by atoms with Crippen LogP contribution in [0, 0.1) is 20.8 Å². The molecule has 0 radical (unpaired) electrons. The molecule has 1 aromatic heterocycles. The largest absolute Gasteiger partial charge is 0.306 e. The van der Waals surface area contributed by atoms with E-state index in [4.69, 9.17) is 0 Å². The quantitative estimate of drug-likeness (QED) is 0.761. The fraction of sp³-hybridized carbons (Fsp3) is 0.474. The first-order chi connectivity index (χ1) is 10.1. The first-order valence-corrected chi connectivity index (χ1v) is 8.78. The summed E-state index contributed by atoms with van der Waals surface area (Å²) in [7, 11) is 0. The summed E-state index contributed by atoms with van der Waals surface area (Å²) in [6.07, 6.45) is 2.28. The third-order valence-electron chi connectivity index (χ3n) is 3.94. The number of rotatable bonds is 6. The molecule has 1 atom stereocenters. The summed E-state index contributed by atoms with van der Waals surface area (Å²) in [5.74, 6) is 0. The molecule has 0 bridgehead atoms. The number of thiophene rings is 1. The Morgan fingerprint density at radius 3 is 2.24 bits per heavy atom. The van der Waals surface area contributed by atoms with Crippen molar-refractivity contribution in [3.8, 4) is 0 Å². The lowest BCUT2D eigenvalue weighted by Gasteiger charge is -2.22. The maximum atomic E-state index is 3.75. The van der Waals surface area contributed by atoms with Gasteiger partial charge >= 0.3 is 0 Å². The highest BCUT2D eigenvalue weighted by molar-refractivity contribution is 7.12. The predicted molar refractivity (Wildman–Crippen MR) is 94.5 cm³/mol. The van der Waals surface area contributed by atoms with E-state index < -0.39 is 0 Å². The van der Waals surface area contributed by atoms with Crippen molar-refractivity contribution in [3.05, 3.63) is 56.3 Å². The van der Waals surface area contributed by atoms with Gasteiger partial charge in [0.1, 0.15) is 0 Å². The van der Waals surface area contributed by atoms with Gasteiger partial charge in [0.25, 0.3) is 0 Å². The van der Waals surface area contributed by atoms with Gasteiger partial charge in [-0.3, -0.25) is 0 Å². The molecule has 0 fully saturated rings. The van der Waals surface area contributed by atoms with Crippen LogP contribution in [0.15, 0.2) is 24.3 Å². The van der Waals surface area contributed by atoms with E-state index >= 15 is 0 Å². The monoisotopic (exact) mass is 301 g/mol. The van der Waals surface area contributed by atoms with E-state index in [1.54, 1.807) is 0 Å². The molecule has 1 unspecified atom stereocenters. The van der Waals surface area contributed by atoms with E-state index in [-0.39, 0.29) is 0 Å². The van der Waals surface area contributed by atoms with Crippen molar-refractivity contribution in [3.63, 3.8) is 0 Å². The Kier molecular flexibility index (Phi) is 5.60. The molecule has 0 aliphatic heterocycles. The van der Waals surface area contributed by atoms with Gasteiger partial charge in [-0.05, 0) is 69.0 Å². The summed E-state index contributed by atoms with van der Waals surface area (Å²) in [5.41, 5.74) is 5.60. The minimum absolute atomic E-state index is 0.329. The third-order valence-corrected chi connectivity index (χ3v) is 5.24. The number of aryl methyl sites for hydroxylation is 4. The zero-order valence-electron chi connectivity index (χ0n) is 13.9. The molecule has 0 aliphatic rings. The van der Waals surface area contributed by atoms with Gasteiger partial charge < -0.3 is 5.32 Å². The van der Waals surface area contributed by atoms with E-state index in [9.17, 15) is 0 Å². The molecular weight excluding hydrogens is 274 g/mol. The molecule has 1 nitrogen and oxygen atoms in total. The minimum atomic E-state index is 0.329. The molecule has 1 heterocycles. The number of benzene rings is 1. The normalized spacial score (nSPS) is 12.6. The number of nitrogens with one attached hydrogen (secondary N) is 1. The molecule has 2 aromatic rings. The summed E-state index contributed by atoms with van der Waals surface area (Å²) in [4.78, 5) is 2.91. The molecule has 1 N–H and O–H groups in total. The molecule has 2 rings (SSSR count). The Balaban J connectivity index is 2.45. The van der Waals surface area contributed by atoms with Gasteiger partial charge in [0.15, 0.2) is 0 Å². The summed E-state index contributed by atoms with van der Waals surface area (Å²) < 4.78 is 0. The van der Waals surface area contributed by atoms with Crippen LogP contribution in [-0.4, -0.2) is 6.54 Å². The summed E-state index contributed by atoms with van der Waals surface area (Å²) >= 11 is 1.95. The number of hydrogen-bond acceptors (Lipinski definition) is 2. The van der Waals surface area contributed by atoms with Crippen molar-refractivity contribution >= 4 is 11.3 Å². The van der Waals surface area contributed by atoms with Crippen molar-refractivity contribution in [2.75, 3.05) is 6.54 Å². The van der Waals surface area contributed by atoms with Crippen LogP contribution >= 0.6 is 11.3 Å². The second-order valence-electron chi connectivity index (χ2n) is 5.86. The van der Waals surface area contributed by atoms with Gasteiger partial charge in [0, 0.05) is 9.75 Å². The second-order valence-corrected chi connectivity index (χ2v) is 7.06. The van der Waals surface area contributed by atoms with E-state index in [1.165, 1.54) is 32.0 Å². The van der Waals surface area contributed by atoms with Gasteiger partial charge in [-0.2, -0.15) is 0 Å². The van der Waals surface area contributed by atoms with Gasteiger partial charge in [0.05, 0.1) is 6.04 Å². The predicted octanol–water partition coefficient (Wildman–Crippen LogP) is 5.32. The summed E-state index contributed by atoms with van der Waals surface area (Å²) in [6.45, 7) is 12.2. The Hall–Kier alpha value is -1.12. The van der Waals surface area contributed by atoms with Gasteiger partial charge in [-0.25, -0.2) is 0 Å². The van der Waals surface area contributed by atoms with Crippen LogP contribution in [0.25, 0.3) is 0 Å². The SMILES string of the molecule is CCCNC(c1ccc(CC)s1)c1c(C)cc(C)cc1C. The molecule has 0 spiro atoms. The molecule has 21 heavy (non-hydrogen) atoms. The molecule has 0 aliphatic carbocycles. The summed E-state index contributed by atoms with van der Waals surface area (Å²) in [6, 6.07) is 9.51. The van der Waals surface area contributed by atoms with E-state index in [0.717, 1.165) is 19.4 Å². The van der Waals surface area contributed by atoms with Crippen LogP contribution in [0.4, 0.5) is 0 Å². The van der Waals surface area contributed by atoms with Gasteiger partial charge in [-0.1, -0.05) is 31.5 Å². The topological polar surface area (TPSA) is 12.0 Å². The Morgan fingerprint density at radius 1 is 1.05 bits per heavy atom. The van der Waals surface area contributed by atoms with Crippen LogP contribution in [0.2, 0.25) is 0 Å². The van der Waals surface area contributed by atoms with Crippen LogP contribution in [0.5, 0.6) is 0 Å².